The minimum atomic E-state index is 0.394. The van der Waals surface area contributed by atoms with Crippen LogP contribution in [0.2, 0.25) is 0 Å². The molecule has 12 heavy (non-hydrogen) atoms. The first kappa shape index (κ1) is 9.75. The van der Waals surface area contributed by atoms with Crippen LogP contribution in [0.15, 0.2) is 11.6 Å². The van der Waals surface area contributed by atoms with Gasteiger partial charge in [0, 0.05) is 6.04 Å². The summed E-state index contributed by atoms with van der Waals surface area (Å²) in [5.41, 5.74) is 4.42. The molecule has 1 rings (SSSR count). The van der Waals surface area contributed by atoms with Crippen molar-refractivity contribution >= 4 is 0 Å². The second-order valence-electron chi connectivity index (χ2n) is 3.91. The molecule has 70 valence electrons. The molecular formula is C10H20N2. The Morgan fingerprint density at radius 1 is 1.42 bits per heavy atom. The number of nitrogens with one attached hydrogen (secondary N) is 1. The van der Waals surface area contributed by atoms with Crippen molar-refractivity contribution in [2.24, 2.45) is 11.8 Å². The van der Waals surface area contributed by atoms with Gasteiger partial charge in [0.25, 0.3) is 0 Å². The van der Waals surface area contributed by atoms with Crippen LogP contribution in [0, 0.1) is 5.92 Å². The van der Waals surface area contributed by atoms with Crippen LogP contribution in [0.4, 0.5) is 0 Å². The van der Waals surface area contributed by atoms with Gasteiger partial charge in [0.05, 0.1) is 0 Å². The van der Waals surface area contributed by atoms with E-state index >= 15 is 0 Å². The Labute approximate surface area is 75.2 Å². The molecule has 0 aromatic heterocycles. The fraction of sp³-hybridized carbons (Fsp3) is 0.800. The molecule has 0 aromatic rings. The maximum atomic E-state index is 5.51. The Kier molecular flexibility index (Phi) is 3.76. The monoisotopic (exact) mass is 168 g/mol. The zero-order valence-electron chi connectivity index (χ0n) is 8.14. The highest BCUT2D eigenvalue weighted by Gasteiger charge is 2.17. The Balaban J connectivity index is 2.57. The molecule has 0 saturated carbocycles. The van der Waals surface area contributed by atoms with Crippen molar-refractivity contribution in [2.75, 3.05) is 0 Å². The number of nitrogens with two attached hydrogens (primary N) is 1. The lowest BCUT2D eigenvalue weighted by Gasteiger charge is -2.25. The van der Waals surface area contributed by atoms with Crippen molar-refractivity contribution in [2.45, 2.75) is 45.6 Å². The molecule has 0 radical (unpaired) electrons. The van der Waals surface area contributed by atoms with Gasteiger partial charge in [-0.05, 0) is 31.6 Å². The minimum absolute atomic E-state index is 0.394. The van der Waals surface area contributed by atoms with Gasteiger partial charge < -0.3 is 0 Å². The van der Waals surface area contributed by atoms with Crippen LogP contribution in [-0.2, 0) is 0 Å². The third-order valence-electron chi connectivity index (χ3n) is 2.57. The normalized spacial score (nSPS) is 20.8. The summed E-state index contributed by atoms with van der Waals surface area (Å²) >= 11 is 0. The number of hydrazine groups is 1. The Morgan fingerprint density at radius 2 is 2.17 bits per heavy atom. The van der Waals surface area contributed by atoms with E-state index in [1.807, 2.05) is 0 Å². The van der Waals surface area contributed by atoms with E-state index in [1.165, 1.54) is 31.3 Å². The van der Waals surface area contributed by atoms with Gasteiger partial charge in [0.15, 0.2) is 0 Å². The number of allylic oxidation sites excluding steroid dienone is 1. The van der Waals surface area contributed by atoms with Gasteiger partial charge in [0.1, 0.15) is 0 Å². The topological polar surface area (TPSA) is 38.0 Å². The van der Waals surface area contributed by atoms with E-state index in [0.29, 0.717) is 12.0 Å². The SMILES string of the molecule is CC(C)C(NN)C1=CCCCC1. The van der Waals surface area contributed by atoms with Gasteiger partial charge >= 0.3 is 0 Å². The summed E-state index contributed by atoms with van der Waals surface area (Å²) in [5.74, 6) is 6.11. The van der Waals surface area contributed by atoms with Crippen molar-refractivity contribution < 1.29 is 0 Å². The molecule has 0 fully saturated rings. The quantitative estimate of drug-likeness (QED) is 0.384. The predicted molar refractivity (Wildman–Crippen MR) is 52.5 cm³/mol. The van der Waals surface area contributed by atoms with E-state index in [2.05, 4.69) is 25.3 Å². The van der Waals surface area contributed by atoms with Gasteiger partial charge in [-0.15, -0.1) is 0 Å². The highest BCUT2D eigenvalue weighted by atomic mass is 15.2. The van der Waals surface area contributed by atoms with E-state index in [1.54, 1.807) is 0 Å². The molecule has 1 aliphatic carbocycles. The van der Waals surface area contributed by atoms with Crippen LogP contribution < -0.4 is 11.3 Å². The lowest BCUT2D eigenvalue weighted by Crippen LogP contribution is -2.40. The highest BCUT2D eigenvalue weighted by molar-refractivity contribution is 5.13. The van der Waals surface area contributed by atoms with Crippen LogP contribution in [0.25, 0.3) is 0 Å². The molecule has 0 heterocycles. The highest BCUT2D eigenvalue weighted by Crippen LogP contribution is 2.23. The average Bonchev–Trinajstić information content (AvgIpc) is 2.07. The first-order valence-electron chi connectivity index (χ1n) is 4.90. The van der Waals surface area contributed by atoms with E-state index in [-0.39, 0.29) is 0 Å². The average molecular weight is 168 g/mol. The van der Waals surface area contributed by atoms with E-state index < -0.39 is 0 Å². The molecule has 0 spiro atoms. The Hall–Kier alpha value is -0.340. The van der Waals surface area contributed by atoms with E-state index in [9.17, 15) is 0 Å². The lowest BCUT2D eigenvalue weighted by molar-refractivity contribution is 0.435. The number of hydrogen-bond acceptors (Lipinski definition) is 2. The Bertz CT molecular complexity index is 161. The van der Waals surface area contributed by atoms with Crippen LogP contribution >= 0.6 is 0 Å². The van der Waals surface area contributed by atoms with Crippen molar-refractivity contribution in [1.29, 1.82) is 0 Å². The summed E-state index contributed by atoms with van der Waals surface area (Å²) < 4.78 is 0. The van der Waals surface area contributed by atoms with Crippen molar-refractivity contribution in [3.63, 3.8) is 0 Å². The van der Waals surface area contributed by atoms with Crippen LogP contribution in [0.3, 0.4) is 0 Å². The minimum Gasteiger partial charge on any atom is -0.271 e. The second kappa shape index (κ2) is 4.63. The smallest absolute Gasteiger partial charge is 0.0442 e. The van der Waals surface area contributed by atoms with Crippen molar-refractivity contribution in [3.05, 3.63) is 11.6 Å². The molecule has 2 nitrogen and oxygen atoms in total. The van der Waals surface area contributed by atoms with Gasteiger partial charge in [-0.3, -0.25) is 11.3 Å². The molecule has 0 aliphatic heterocycles. The van der Waals surface area contributed by atoms with Gasteiger partial charge in [0.2, 0.25) is 0 Å². The van der Waals surface area contributed by atoms with E-state index in [0.717, 1.165) is 0 Å². The van der Waals surface area contributed by atoms with Gasteiger partial charge in [-0.25, -0.2) is 0 Å². The number of hydrogen-bond donors (Lipinski definition) is 2. The standard InChI is InChI=1S/C10H20N2/c1-8(2)10(12-11)9-6-4-3-5-7-9/h6,8,10,12H,3-5,7,11H2,1-2H3. The first-order chi connectivity index (χ1) is 5.75. The van der Waals surface area contributed by atoms with Crippen LogP contribution in [-0.4, -0.2) is 6.04 Å². The summed E-state index contributed by atoms with van der Waals surface area (Å²) in [4.78, 5) is 0. The second-order valence-corrected chi connectivity index (χ2v) is 3.91. The molecule has 1 aliphatic rings. The molecular weight excluding hydrogens is 148 g/mol. The summed E-state index contributed by atoms with van der Waals surface area (Å²) in [5, 5.41) is 0. The number of rotatable bonds is 3. The first-order valence-corrected chi connectivity index (χ1v) is 4.90. The molecule has 0 bridgehead atoms. The van der Waals surface area contributed by atoms with Crippen molar-refractivity contribution in [3.8, 4) is 0 Å². The summed E-state index contributed by atoms with van der Waals surface area (Å²) in [6.07, 6.45) is 7.50. The fourth-order valence-corrected chi connectivity index (χ4v) is 1.87. The third-order valence-corrected chi connectivity index (χ3v) is 2.57. The van der Waals surface area contributed by atoms with Crippen LogP contribution in [0.5, 0.6) is 0 Å². The Morgan fingerprint density at radius 3 is 2.58 bits per heavy atom. The predicted octanol–water partition coefficient (Wildman–Crippen LogP) is 1.97. The maximum absolute atomic E-state index is 5.51. The summed E-state index contributed by atoms with van der Waals surface area (Å²) in [6, 6.07) is 0.394. The third kappa shape index (κ3) is 2.32. The molecule has 0 saturated heterocycles. The lowest BCUT2D eigenvalue weighted by atomic mass is 9.88. The fourth-order valence-electron chi connectivity index (χ4n) is 1.87. The van der Waals surface area contributed by atoms with E-state index in [4.69, 9.17) is 5.84 Å². The largest absolute Gasteiger partial charge is 0.271 e. The summed E-state index contributed by atoms with van der Waals surface area (Å²) in [7, 11) is 0. The summed E-state index contributed by atoms with van der Waals surface area (Å²) in [6.45, 7) is 4.42. The van der Waals surface area contributed by atoms with Gasteiger partial charge in [-0.1, -0.05) is 25.5 Å². The molecule has 0 amide bonds. The maximum Gasteiger partial charge on any atom is 0.0442 e. The molecule has 2 heteroatoms. The van der Waals surface area contributed by atoms with Crippen molar-refractivity contribution in [1.82, 2.24) is 5.43 Å². The molecule has 1 atom stereocenters. The molecule has 3 N–H and O–H groups in total. The van der Waals surface area contributed by atoms with Crippen LogP contribution in [0.1, 0.15) is 39.5 Å². The zero-order chi connectivity index (χ0) is 8.97. The molecule has 1 unspecified atom stereocenters. The zero-order valence-corrected chi connectivity index (χ0v) is 8.14. The van der Waals surface area contributed by atoms with Gasteiger partial charge in [-0.2, -0.15) is 0 Å². The molecule has 0 aromatic carbocycles.